The minimum absolute atomic E-state index is 0.0181. The smallest absolute Gasteiger partial charge is 0.228 e. The van der Waals surface area contributed by atoms with Crippen molar-refractivity contribution in [2.75, 3.05) is 53.3 Å². The van der Waals surface area contributed by atoms with Crippen molar-refractivity contribution in [3.63, 3.8) is 0 Å². The molecule has 35 heavy (non-hydrogen) atoms. The summed E-state index contributed by atoms with van der Waals surface area (Å²) in [6, 6.07) is 10.3. The molecule has 0 spiro atoms. The fourth-order valence-corrected chi connectivity index (χ4v) is 4.72. The molecule has 3 aromatic rings. The monoisotopic (exact) mass is 477 g/mol. The van der Waals surface area contributed by atoms with Gasteiger partial charge in [0, 0.05) is 67.1 Å². The number of carbonyl (C=O) groups excluding carboxylic acids is 2. The Morgan fingerprint density at radius 2 is 1.86 bits per heavy atom. The largest absolute Gasteiger partial charge is 0.378 e. The van der Waals surface area contributed by atoms with Gasteiger partial charge < -0.3 is 20.3 Å². The summed E-state index contributed by atoms with van der Waals surface area (Å²) in [4.78, 5) is 32.9. The second-order valence-electron chi connectivity index (χ2n) is 8.92. The Bertz CT molecular complexity index is 1310. The van der Waals surface area contributed by atoms with Crippen LogP contribution < -0.4 is 20.4 Å². The number of rotatable bonds is 5. The van der Waals surface area contributed by atoms with Crippen LogP contribution in [0.2, 0.25) is 0 Å². The molecule has 0 saturated carbocycles. The number of morpholine rings is 1. The summed E-state index contributed by atoms with van der Waals surface area (Å²) in [6.07, 6.45) is 1.25. The zero-order valence-corrected chi connectivity index (χ0v) is 19.9. The molecule has 0 aliphatic carbocycles. The van der Waals surface area contributed by atoms with E-state index in [1.165, 1.54) is 19.1 Å². The summed E-state index contributed by atoms with van der Waals surface area (Å²) < 4.78 is 19.6. The first-order valence-electron chi connectivity index (χ1n) is 11.8. The van der Waals surface area contributed by atoms with Gasteiger partial charge in [-0.05, 0) is 43.7 Å². The highest BCUT2D eigenvalue weighted by Crippen LogP contribution is 2.37. The van der Waals surface area contributed by atoms with E-state index in [4.69, 9.17) is 4.74 Å². The van der Waals surface area contributed by atoms with Gasteiger partial charge in [0.15, 0.2) is 0 Å². The van der Waals surface area contributed by atoms with E-state index in [0.29, 0.717) is 43.2 Å². The van der Waals surface area contributed by atoms with Crippen molar-refractivity contribution < 1.29 is 18.7 Å². The molecule has 0 bridgehead atoms. The van der Waals surface area contributed by atoms with Crippen LogP contribution in [0.4, 0.5) is 33.0 Å². The van der Waals surface area contributed by atoms with Crippen LogP contribution in [0.3, 0.4) is 0 Å². The predicted molar refractivity (Wildman–Crippen MR) is 135 cm³/mol. The maximum absolute atomic E-state index is 14.1. The number of nitrogens with zero attached hydrogens (tertiary/aromatic N) is 3. The van der Waals surface area contributed by atoms with Crippen molar-refractivity contribution in [1.82, 2.24) is 4.98 Å². The topological polar surface area (TPSA) is 86.8 Å². The summed E-state index contributed by atoms with van der Waals surface area (Å²) >= 11 is 0. The van der Waals surface area contributed by atoms with Crippen molar-refractivity contribution in [2.45, 2.75) is 26.7 Å². The molecule has 2 aromatic carbocycles. The van der Waals surface area contributed by atoms with Gasteiger partial charge in [0.25, 0.3) is 0 Å². The van der Waals surface area contributed by atoms with Crippen LogP contribution >= 0.6 is 0 Å². The van der Waals surface area contributed by atoms with Crippen molar-refractivity contribution in [1.29, 1.82) is 0 Å². The highest BCUT2D eigenvalue weighted by Gasteiger charge is 2.26. The molecular weight excluding hydrogens is 449 g/mol. The van der Waals surface area contributed by atoms with Gasteiger partial charge >= 0.3 is 0 Å². The van der Waals surface area contributed by atoms with E-state index in [-0.39, 0.29) is 17.6 Å². The van der Waals surface area contributed by atoms with Gasteiger partial charge in [0.1, 0.15) is 11.6 Å². The Morgan fingerprint density at radius 1 is 1.09 bits per heavy atom. The fraction of sp³-hybridized carbons (Fsp3) is 0.346. The molecule has 8 nitrogen and oxygen atoms in total. The van der Waals surface area contributed by atoms with Gasteiger partial charge in [-0.2, -0.15) is 0 Å². The lowest BCUT2D eigenvalue weighted by molar-refractivity contribution is -0.117. The van der Waals surface area contributed by atoms with Crippen LogP contribution in [-0.2, 0) is 14.3 Å². The zero-order valence-electron chi connectivity index (χ0n) is 19.9. The molecule has 3 heterocycles. The van der Waals surface area contributed by atoms with Crippen molar-refractivity contribution in [3.8, 4) is 0 Å². The lowest BCUT2D eigenvalue weighted by Gasteiger charge is -2.30. The van der Waals surface area contributed by atoms with Crippen LogP contribution in [0.1, 0.15) is 25.3 Å². The van der Waals surface area contributed by atoms with E-state index in [1.807, 2.05) is 25.1 Å². The maximum atomic E-state index is 14.1. The number of ether oxygens (including phenoxy) is 1. The minimum atomic E-state index is -0.388. The summed E-state index contributed by atoms with van der Waals surface area (Å²) in [6.45, 7) is 6.76. The number of aromatic nitrogens is 1. The molecule has 182 valence electrons. The average molecular weight is 478 g/mol. The number of benzene rings is 2. The number of hydrogen-bond acceptors (Lipinski definition) is 6. The molecule has 0 atom stereocenters. The number of anilines is 5. The lowest BCUT2D eigenvalue weighted by Crippen LogP contribution is -2.36. The predicted octanol–water partition coefficient (Wildman–Crippen LogP) is 4.35. The lowest BCUT2D eigenvalue weighted by atomic mass is 10.1. The van der Waals surface area contributed by atoms with Crippen molar-refractivity contribution in [3.05, 3.63) is 47.8 Å². The summed E-state index contributed by atoms with van der Waals surface area (Å²) in [5, 5.41) is 7.12. The van der Waals surface area contributed by atoms with E-state index < -0.39 is 0 Å². The van der Waals surface area contributed by atoms with Gasteiger partial charge in [-0.3, -0.25) is 14.5 Å². The Kier molecular flexibility index (Phi) is 6.25. The molecule has 0 radical (unpaired) electrons. The van der Waals surface area contributed by atoms with E-state index in [1.54, 1.807) is 11.0 Å². The number of pyridine rings is 1. The third-order valence-electron chi connectivity index (χ3n) is 6.38. The number of carbonyl (C=O) groups is 2. The van der Waals surface area contributed by atoms with Crippen LogP contribution in [0.25, 0.3) is 10.9 Å². The molecule has 2 aliphatic heterocycles. The molecule has 9 heteroatoms. The van der Waals surface area contributed by atoms with Gasteiger partial charge in [0.2, 0.25) is 11.8 Å². The molecule has 2 N–H and O–H groups in total. The maximum Gasteiger partial charge on any atom is 0.228 e. The fourth-order valence-electron chi connectivity index (χ4n) is 4.72. The first kappa shape index (κ1) is 23.0. The van der Waals surface area contributed by atoms with Gasteiger partial charge in [-0.15, -0.1) is 0 Å². The molecule has 1 aromatic heterocycles. The average Bonchev–Trinajstić information content (AvgIpc) is 3.26. The standard InChI is InChI=1S/C26H28FN5O3/c1-16-25(22-6-5-18(27)12-23(22)30-26(16)32-7-3-4-24(32)34)29-20-13-19(28-17(2)33)14-21(15-20)31-8-10-35-11-9-31/h5-6,12-15H,3-4,7-11H2,1-2H3,(H,28,33)(H,29,30). The summed E-state index contributed by atoms with van der Waals surface area (Å²) in [5.41, 5.74) is 4.41. The van der Waals surface area contributed by atoms with Crippen LogP contribution in [-0.4, -0.2) is 49.6 Å². The minimum Gasteiger partial charge on any atom is -0.378 e. The molecule has 2 aliphatic rings. The SMILES string of the molecule is CC(=O)Nc1cc(Nc2c(C)c(N3CCCC3=O)nc3cc(F)ccc23)cc(N2CCOCC2)c1. The zero-order chi connectivity index (χ0) is 24.5. The number of hydrogen-bond donors (Lipinski definition) is 2. The Hall–Kier alpha value is -3.72. The number of fused-ring (bicyclic) bond motifs is 1. The van der Waals surface area contributed by atoms with Crippen LogP contribution in [0.5, 0.6) is 0 Å². The molecule has 5 rings (SSSR count). The van der Waals surface area contributed by atoms with Crippen molar-refractivity contribution >= 4 is 51.3 Å². The highest BCUT2D eigenvalue weighted by atomic mass is 19.1. The highest BCUT2D eigenvalue weighted by molar-refractivity contribution is 6.02. The van der Waals surface area contributed by atoms with E-state index in [2.05, 4.69) is 20.5 Å². The van der Waals surface area contributed by atoms with Crippen LogP contribution in [0.15, 0.2) is 36.4 Å². The first-order chi connectivity index (χ1) is 16.9. The van der Waals surface area contributed by atoms with Gasteiger partial charge in [0.05, 0.1) is 24.4 Å². The number of halogens is 1. The third kappa shape index (κ3) is 4.77. The molecule has 2 amide bonds. The Balaban J connectivity index is 1.61. The molecule has 2 fully saturated rings. The van der Waals surface area contributed by atoms with Crippen LogP contribution in [0, 0.1) is 12.7 Å². The molecule has 0 unspecified atom stereocenters. The second kappa shape index (κ2) is 9.50. The normalized spacial score (nSPS) is 16.1. The molecular formula is C26H28FN5O3. The van der Waals surface area contributed by atoms with E-state index >= 15 is 0 Å². The Morgan fingerprint density at radius 3 is 2.57 bits per heavy atom. The van der Waals surface area contributed by atoms with E-state index in [0.717, 1.165) is 47.5 Å². The number of nitrogens with one attached hydrogen (secondary N) is 2. The Labute approximate surface area is 203 Å². The van der Waals surface area contributed by atoms with Gasteiger partial charge in [-0.1, -0.05) is 0 Å². The van der Waals surface area contributed by atoms with Gasteiger partial charge in [-0.25, -0.2) is 9.37 Å². The third-order valence-corrected chi connectivity index (χ3v) is 6.38. The van der Waals surface area contributed by atoms with Crippen molar-refractivity contribution in [2.24, 2.45) is 0 Å². The van der Waals surface area contributed by atoms with E-state index in [9.17, 15) is 14.0 Å². The summed E-state index contributed by atoms with van der Waals surface area (Å²) in [7, 11) is 0. The summed E-state index contributed by atoms with van der Waals surface area (Å²) in [5.74, 6) is 0.00997. The first-order valence-corrected chi connectivity index (χ1v) is 11.8. The second-order valence-corrected chi connectivity index (χ2v) is 8.92. The molecule has 2 saturated heterocycles. The quantitative estimate of drug-likeness (QED) is 0.568. The number of amides is 2.